The van der Waals surface area contributed by atoms with Gasteiger partial charge in [0.15, 0.2) is 0 Å². The predicted molar refractivity (Wildman–Crippen MR) is 98.2 cm³/mol. The molecule has 0 fully saturated rings. The molecule has 0 saturated carbocycles. The molecule has 2 heterocycles. The number of fused-ring (bicyclic) bond motifs is 1. The highest BCUT2D eigenvalue weighted by molar-refractivity contribution is 5.68. The Morgan fingerprint density at radius 1 is 1.08 bits per heavy atom. The summed E-state index contributed by atoms with van der Waals surface area (Å²) in [6.07, 6.45) is 0.962. The third-order valence-electron chi connectivity index (χ3n) is 4.40. The molecular formula is C20H19FN4. The first-order valence-corrected chi connectivity index (χ1v) is 8.36. The van der Waals surface area contributed by atoms with Crippen LogP contribution in [0.1, 0.15) is 18.2 Å². The third-order valence-corrected chi connectivity index (χ3v) is 4.40. The van der Waals surface area contributed by atoms with E-state index in [4.69, 9.17) is 0 Å². The highest BCUT2D eigenvalue weighted by Gasteiger charge is 2.29. The van der Waals surface area contributed by atoms with Gasteiger partial charge >= 0.3 is 0 Å². The molecule has 4 rings (SSSR count). The zero-order valence-electron chi connectivity index (χ0n) is 14.2. The lowest BCUT2D eigenvalue weighted by atomic mass is 10.1. The molecule has 25 heavy (non-hydrogen) atoms. The third kappa shape index (κ3) is 2.93. The number of anilines is 4. The average Bonchev–Trinajstić information content (AvgIpc) is 2.92. The van der Waals surface area contributed by atoms with E-state index in [1.54, 1.807) is 18.2 Å². The molecule has 4 nitrogen and oxygen atoms in total. The number of benzene rings is 2. The molecule has 1 aliphatic heterocycles. The van der Waals surface area contributed by atoms with Crippen LogP contribution in [0.3, 0.4) is 0 Å². The van der Waals surface area contributed by atoms with Gasteiger partial charge in [0.1, 0.15) is 11.6 Å². The lowest BCUT2D eigenvalue weighted by molar-refractivity contribution is 0.631. The largest absolute Gasteiger partial charge is 0.338 e. The van der Waals surface area contributed by atoms with Gasteiger partial charge in [0, 0.05) is 23.5 Å². The van der Waals surface area contributed by atoms with E-state index in [1.807, 2.05) is 19.1 Å². The van der Waals surface area contributed by atoms with Crippen LogP contribution in [0, 0.1) is 12.7 Å². The van der Waals surface area contributed by atoms with Gasteiger partial charge < -0.3 is 10.2 Å². The van der Waals surface area contributed by atoms with Crippen molar-refractivity contribution in [3.8, 4) is 0 Å². The van der Waals surface area contributed by atoms with E-state index in [9.17, 15) is 4.39 Å². The lowest BCUT2D eigenvalue weighted by Crippen LogP contribution is -2.26. The summed E-state index contributed by atoms with van der Waals surface area (Å²) in [5.41, 5.74) is 3.67. The molecule has 1 N–H and O–H groups in total. The van der Waals surface area contributed by atoms with Crippen molar-refractivity contribution in [2.24, 2.45) is 0 Å². The standard InChI is InChI=1S/C20H19FN4/c1-13-11-19(23-17-9-5-4-8-16(17)21)24-20(22-13)25-14(2)12-15-7-3-6-10-18(15)25/h3-11,14H,12H2,1-2H3,(H,22,23,24). The van der Waals surface area contributed by atoms with E-state index in [2.05, 4.69) is 45.3 Å². The Bertz CT molecular complexity index is 925. The summed E-state index contributed by atoms with van der Waals surface area (Å²) in [5.74, 6) is 0.917. The van der Waals surface area contributed by atoms with E-state index in [1.165, 1.54) is 11.6 Å². The molecule has 0 spiro atoms. The monoisotopic (exact) mass is 334 g/mol. The van der Waals surface area contributed by atoms with Crippen molar-refractivity contribution in [1.29, 1.82) is 0 Å². The Hall–Kier alpha value is -2.95. The Kier molecular flexibility index (Phi) is 3.84. The molecule has 0 saturated heterocycles. The molecule has 0 aliphatic carbocycles. The smallest absolute Gasteiger partial charge is 0.232 e. The molecule has 3 aromatic rings. The van der Waals surface area contributed by atoms with Crippen LogP contribution in [-0.2, 0) is 6.42 Å². The molecule has 2 aromatic carbocycles. The maximum Gasteiger partial charge on any atom is 0.232 e. The lowest BCUT2D eigenvalue weighted by Gasteiger charge is -2.23. The van der Waals surface area contributed by atoms with Crippen molar-refractivity contribution >= 4 is 23.1 Å². The normalized spacial score (nSPS) is 16.0. The van der Waals surface area contributed by atoms with Crippen molar-refractivity contribution in [3.63, 3.8) is 0 Å². The van der Waals surface area contributed by atoms with E-state index >= 15 is 0 Å². The number of hydrogen-bond acceptors (Lipinski definition) is 4. The van der Waals surface area contributed by atoms with Crippen molar-refractivity contribution < 1.29 is 4.39 Å². The van der Waals surface area contributed by atoms with Gasteiger partial charge in [0.25, 0.3) is 0 Å². The molecular weight excluding hydrogens is 315 g/mol. The Morgan fingerprint density at radius 2 is 1.84 bits per heavy atom. The fourth-order valence-electron chi connectivity index (χ4n) is 3.30. The molecule has 1 unspecified atom stereocenters. The van der Waals surface area contributed by atoms with Crippen LogP contribution in [0.5, 0.6) is 0 Å². The fourth-order valence-corrected chi connectivity index (χ4v) is 3.30. The summed E-state index contributed by atoms with van der Waals surface area (Å²) >= 11 is 0. The number of aromatic nitrogens is 2. The van der Waals surface area contributed by atoms with Crippen LogP contribution in [-0.4, -0.2) is 16.0 Å². The summed E-state index contributed by atoms with van der Waals surface area (Å²) < 4.78 is 13.9. The highest BCUT2D eigenvalue weighted by Crippen LogP contribution is 2.37. The van der Waals surface area contributed by atoms with Gasteiger partial charge in [-0.1, -0.05) is 30.3 Å². The molecule has 1 aromatic heterocycles. The van der Waals surface area contributed by atoms with Gasteiger partial charge in [-0.2, -0.15) is 4.98 Å². The summed E-state index contributed by atoms with van der Waals surface area (Å²) in [4.78, 5) is 11.4. The molecule has 0 amide bonds. The molecule has 0 bridgehead atoms. The van der Waals surface area contributed by atoms with Crippen LogP contribution in [0.2, 0.25) is 0 Å². The topological polar surface area (TPSA) is 41.1 Å². The number of aryl methyl sites for hydroxylation is 1. The fraction of sp³-hybridized carbons (Fsp3) is 0.200. The molecule has 0 radical (unpaired) electrons. The van der Waals surface area contributed by atoms with E-state index in [0.717, 1.165) is 17.8 Å². The minimum atomic E-state index is -0.305. The Labute approximate surface area is 146 Å². The van der Waals surface area contributed by atoms with Gasteiger partial charge in [0.2, 0.25) is 5.95 Å². The molecule has 126 valence electrons. The van der Waals surface area contributed by atoms with Crippen LogP contribution < -0.4 is 10.2 Å². The Morgan fingerprint density at radius 3 is 2.68 bits per heavy atom. The van der Waals surface area contributed by atoms with E-state index < -0.39 is 0 Å². The molecule has 1 aliphatic rings. The number of halogens is 1. The van der Waals surface area contributed by atoms with Gasteiger partial charge in [-0.25, -0.2) is 9.37 Å². The number of para-hydroxylation sites is 2. The van der Waals surface area contributed by atoms with Gasteiger partial charge in [-0.3, -0.25) is 0 Å². The minimum Gasteiger partial charge on any atom is -0.338 e. The summed E-state index contributed by atoms with van der Waals surface area (Å²) in [6.45, 7) is 4.08. The first-order chi connectivity index (χ1) is 12.1. The van der Waals surface area contributed by atoms with Crippen molar-refractivity contribution in [1.82, 2.24) is 9.97 Å². The zero-order valence-corrected chi connectivity index (χ0v) is 14.2. The maximum absolute atomic E-state index is 13.9. The number of nitrogens with zero attached hydrogens (tertiary/aromatic N) is 3. The van der Waals surface area contributed by atoms with Gasteiger partial charge in [0.05, 0.1) is 5.69 Å². The number of rotatable bonds is 3. The van der Waals surface area contributed by atoms with E-state index in [-0.39, 0.29) is 11.9 Å². The van der Waals surface area contributed by atoms with Crippen molar-refractivity contribution in [2.75, 3.05) is 10.2 Å². The van der Waals surface area contributed by atoms with Crippen LogP contribution >= 0.6 is 0 Å². The van der Waals surface area contributed by atoms with Gasteiger partial charge in [-0.15, -0.1) is 0 Å². The maximum atomic E-state index is 13.9. The SMILES string of the molecule is Cc1cc(Nc2ccccc2F)nc(N2c3ccccc3CC2C)n1. The zero-order chi connectivity index (χ0) is 17.4. The number of hydrogen-bond donors (Lipinski definition) is 1. The molecule has 1 atom stereocenters. The second-order valence-electron chi connectivity index (χ2n) is 6.35. The average molecular weight is 334 g/mol. The second kappa shape index (κ2) is 6.16. The van der Waals surface area contributed by atoms with Gasteiger partial charge in [-0.05, 0) is 44.0 Å². The first-order valence-electron chi connectivity index (χ1n) is 8.36. The van der Waals surface area contributed by atoms with Crippen LogP contribution in [0.4, 0.5) is 27.5 Å². The minimum absolute atomic E-state index is 0.278. The highest BCUT2D eigenvalue weighted by atomic mass is 19.1. The van der Waals surface area contributed by atoms with Crippen molar-refractivity contribution in [3.05, 3.63) is 71.7 Å². The van der Waals surface area contributed by atoms with Crippen molar-refractivity contribution in [2.45, 2.75) is 26.3 Å². The first kappa shape index (κ1) is 15.6. The number of nitrogens with one attached hydrogen (secondary N) is 1. The summed E-state index contributed by atoms with van der Waals surface area (Å²) in [6, 6.07) is 17.0. The van der Waals surface area contributed by atoms with Crippen LogP contribution in [0.15, 0.2) is 54.6 Å². The Balaban J connectivity index is 1.72. The van der Waals surface area contributed by atoms with Crippen LogP contribution in [0.25, 0.3) is 0 Å². The molecule has 5 heteroatoms. The second-order valence-corrected chi connectivity index (χ2v) is 6.35. The quantitative estimate of drug-likeness (QED) is 0.750. The summed E-state index contributed by atoms with van der Waals surface area (Å²) in [5, 5.41) is 3.06. The summed E-state index contributed by atoms with van der Waals surface area (Å²) in [7, 11) is 0. The van der Waals surface area contributed by atoms with E-state index in [0.29, 0.717) is 17.5 Å². The predicted octanol–water partition coefficient (Wildman–Crippen LogP) is 4.75.